The minimum Gasteiger partial charge on any atom is -0.497 e. The fourth-order valence-corrected chi connectivity index (χ4v) is 4.16. The van der Waals surface area contributed by atoms with Gasteiger partial charge in [-0.2, -0.15) is 4.90 Å². The monoisotopic (exact) mass is 351 g/mol. The highest BCUT2D eigenvalue weighted by Gasteiger charge is 2.53. The summed E-state index contributed by atoms with van der Waals surface area (Å²) in [5, 5.41) is 11.8. The maximum Gasteiger partial charge on any atom is 0.275 e. The summed E-state index contributed by atoms with van der Waals surface area (Å²) in [7, 11) is 1.68. The molecule has 2 aromatic carbocycles. The fraction of sp³-hybridized carbons (Fsp3) is 0.409. The van der Waals surface area contributed by atoms with E-state index in [4.69, 9.17) is 4.74 Å². The second kappa shape index (κ2) is 6.76. The zero-order valence-electron chi connectivity index (χ0n) is 15.6. The molecule has 0 saturated carbocycles. The van der Waals surface area contributed by atoms with E-state index >= 15 is 0 Å². The van der Waals surface area contributed by atoms with Crippen LogP contribution in [0.4, 0.5) is 5.69 Å². The SMILES string of the molecule is COc1ccc(N2C3=[N+](CCCCC3)C[C@]2(O)c2ccc(C)cc2)cc1. The maximum atomic E-state index is 11.8. The molecule has 2 aromatic rings. The number of hydrogen-bond acceptors (Lipinski definition) is 3. The molecule has 0 aliphatic carbocycles. The lowest BCUT2D eigenvalue weighted by atomic mass is 9.99. The first-order valence-corrected chi connectivity index (χ1v) is 9.46. The second-order valence-electron chi connectivity index (χ2n) is 7.36. The predicted molar refractivity (Wildman–Crippen MR) is 104 cm³/mol. The van der Waals surface area contributed by atoms with Gasteiger partial charge in [-0.15, -0.1) is 0 Å². The second-order valence-corrected chi connectivity index (χ2v) is 7.36. The molecule has 0 amide bonds. The fourth-order valence-electron chi connectivity index (χ4n) is 4.16. The molecule has 0 aromatic heterocycles. The van der Waals surface area contributed by atoms with Gasteiger partial charge in [0.1, 0.15) is 11.4 Å². The van der Waals surface area contributed by atoms with Crippen molar-refractivity contribution in [3.05, 3.63) is 59.7 Å². The van der Waals surface area contributed by atoms with E-state index in [1.807, 2.05) is 24.3 Å². The number of hydrogen-bond donors (Lipinski definition) is 1. The molecule has 2 aliphatic heterocycles. The van der Waals surface area contributed by atoms with Gasteiger partial charge in [0.2, 0.25) is 0 Å². The van der Waals surface area contributed by atoms with Crippen LogP contribution in [0.15, 0.2) is 48.5 Å². The summed E-state index contributed by atoms with van der Waals surface area (Å²) in [4.78, 5) is 2.14. The molecular formula is C22H27N2O2+. The summed E-state index contributed by atoms with van der Waals surface area (Å²) in [5.41, 5.74) is 2.11. The van der Waals surface area contributed by atoms with Crippen molar-refractivity contribution in [3.63, 3.8) is 0 Å². The topological polar surface area (TPSA) is 35.7 Å². The van der Waals surface area contributed by atoms with E-state index in [9.17, 15) is 5.11 Å². The molecule has 0 saturated heterocycles. The van der Waals surface area contributed by atoms with Crippen LogP contribution in [0.2, 0.25) is 0 Å². The normalized spacial score (nSPS) is 23.0. The molecular weight excluding hydrogens is 324 g/mol. The minimum absolute atomic E-state index is 0.609. The summed E-state index contributed by atoms with van der Waals surface area (Å²) in [5.74, 6) is 2.06. The number of nitrogens with zero attached hydrogens (tertiary/aromatic N) is 2. The molecule has 0 fully saturated rings. The van der Waals surface area contributed by atoms with Crippen molar-refractivity contribution >= 4 is 11.5 Å². The van der Waals surface area contributed by atoms with Crippen molar-refractivity contribution in [1.82, 2.24) is 0 Å². The average Bonchev–Trinajstić information content (AvgIpc) is 2.79. The van der Waals surface area contributed by atoms with E-state index < -0.39 is 5.72 Å². The zero-order valence-corrected chi connectivity index (χ0v) is 15.6. The van der Waals surface area contributed by atoms with Crippen LogP contribution in [-0.4, -0.2) is 35.7 Å². The lowest BCUT2D eigenvalue weighted by Gasteiger charge is -2.29. The van der Waals surface area contributed by atoms with Gasteiger partial charge in [-0.3, -0.25) is 4.58 Å². The third-order valence-electron chi connectivity index (χ3n) is 5.58. The molecule has 0 radical (unpaired) electrons. The molecule has 2 heterocycles. The molecule has 1 atom stereocenters. The molecule has 0 bridgehead atoms. The van der Waals surface area contributed by atoms with Crippen LogP contribution in [0.25, 0.3) is 0 Å². The average molecular weight is 351 g/mol. The van der Waals surface area contributed by atoms with Crippen molar-refractivity contribution in [1.29, 1.82) is 0 Å². The van der Waals surface area contributed by atoms with E-state index in [-0.39, 0.29) is 0 Å². The highest BCUT2D eigenvalue weighted by atomic mass is 16.5. The van der Waals surface area contributed by atoms with Gasteiger partial charge in [-0.05, 0) is 50.5 Å². The Morgan fingerprint density at radius 3 is 2.42 bits per heavy atom. The van der Waals surface area contributed by atoms with Gasteiger partial charge in [-0.25, -0.2) is 0 Å². The van der Waals surface area contributed by atoms with E-state index in [0.717, 1.165) is 30.0 Å². The molecule has 26 heavy (non-hydrogen) atoms. The van der Waals surface area contributed by atoms with Gasteiger partial charge >= 0.3 is 0 Å². The Hall–Kier alpha value is -2.33. The third-order valence-corrected chi connectivity index (χ3v) is 5.58. The first kappa shape index (κ1) is 17.1. The third kappa shape index (κ3) is 2.88. The number of aliphatic hydroxyl groups is 1. The number of anilines is 1. The summed E-state index contributed by atoms with van der Waals surface area (Å²) >= 11 is 0. The number of benzene rings is 2. The van der Waals surface area contributed by atoms with E-state index in [2.05, 4.69) is 40.7 Å². The summed E-state index contributed by atoms with van der Waals surface area (Å²) in [6.45, 7) is 3.69. The standard InChI is InChI=1S/C22H27N2O2/c1-17-7-9-18(10-8-17)22(25)16-23-15-5-3-4-6-21(23)24(22)19-11-13-20(26-2)14-12-19/h7-14,25H,3-6,15-16H2,1-2H3/q+1/t22-/m0/s1. The van der Waals surface area contributed by atoms with Crippen LogP contribution in [-0.2, 0) is 5.72 Å². The van der Waals surface area contributed by atoms with Gasteiger partial charge < -0.3 is 9.84 Å². The Bertz CT molecular complexity index is 811. The van der Waals surface area contributed by atoms with Gasteiger partial charge in [-0.1, -0.05) is 29.8 Å². The molecule has 4 nitrogen and oxygen atoms in total. The van der Waals surface area contributed by atoms with Crippen molar-refractivity contribution in [2.75, 3.05) is 25.1 Å². The van der Waals surface area contributed by atoms with Crippen LogP contribution in [0, 0.1) is 6.92 Å². The van der Waals surface area contributed by atoms with Crippen molar-refractivity contribution in [3.8, 4) is 5.75 Å². The van der Waals surface area contributed by atoms with Gasteiger partial charge in [0.25, 0.3) is 11.6 Å². The number of rotatable bonds is 3. The largest absolute Gasteiger partial charge is 0.497 e. The van der Waals surface area contributed by atoms with Crippen molar-refractivity contribution in [2.24, 2.45) is 0 Å². The zero-order chi connectivity index (χ0) is 18.1. The Labute approximate surface area is 155 Å². The molecule has 136 valence electrons. The molecule has 1 N–H and O–H groups in total. The van der Waals surface area contributed by atoms with E-state index in [1.54, 1.807) is 7.11 Å². The van der Waals surface area contributed by atoms with E-state index in [0.29, 0.717) is 6.54 Å². The number of aryl methyl sites for hydroxylation is 1. The highest BCUT2D eigenvalue weighted by Crippen LogP contribution is 2.38. The Morgan fingerprint density at radius 1 is 1.00 bits per heavy atom. The molecule has 4 heteroatoms. The number of ether oxygens (including phenoxy) is 1. The van der Waals surface area contributed by atoms with Crippen LogP contribution in [0.5, 0.6) is 5.75 Å². The minimum atomic E-state index is -1.05. The van der Waals surface area contributed by atoms with Gasteiger partial charge in [0.05, 0.1) is 13.7 Å². The maximum absolute atomic E-state index is 11.8. The molecule has 4 rings (SSSR count). The van der Waals surface area contributed by atoms with Crippen LogP contribution in [0.1, 0.15) is 36.8 Å². The molecule has 0 spiro atoms. The van der Waals surface area contributed by atoms with Gasteiger partial charge in [0, 0.05) is 12.0 Å². The predicted octanol–water partition coefficient (Wildman–Crippen LogP) is 3.65. The van der Waals surface area contributed by atoms with Crippen LogP contribution >= 0.6 is 0 Å². The van der Waals surface area contributed by atoms with Gasteiger partial charge in [0.15, 0.2) is 6.54 Å². The lowest BCUT2D eigenvalue weighted by molar-refractivity contribution is -0.534. The Morgan fingerprint density at radius 2 is 1.73 bits per heavy atom. The highest BCUT2D eigenvalue weighted by molar-refractivity contribution is 5.97. The Kier molecular flexibility index (Phi) is 4.45. The quantitative estimate of drug-likeness (QED) is 0.858. The van der Waals surface area contributed by atoms with E-state index in [1.165, 1.54) is 30.7 Å². The number of methoxy groups -OCH3 is 1. The summed E-state index contributed by atoms with van der Waals surface area (Å²) in [6, 6.07) is 16.3. The van der Waals surface area contributed by atoms with Crippen LogP contribution < -0.4 is 9.64 Å². The molecule has 2 aliphatic rings. The first-order valence-electron chi connectivity index (χ1n) is 9.46. The summed E-state index contributed by atoms with van der Waals surface area (Å²) in [6.07, 6.45) is 4.60. The lowest BCUT2D eigenvalue weighted by Crippen LogP contribution is -2.47. The smallest absolute Gasteiger partial charge is 0.275 e. The van der Waals surface area contributed by atoms with Crippen LogP contribution in [0.3, 0.4) is 0 Å². The first-order chi connectivity index (χ1) is 12.6. The van der Waals surface area contributed by atoms with Crippen molar-refractivity contribution < 1.29 is 14.4 Å². The molecule has 0 unspecified atom stereocenters. The Balaban J connectivity index is 1.81. The van der Waals surface area contributed by atoms with Crippen molar-refractivity contribution in [2.45, 2.75) is 38.3 Å². The summed E-state index contributed by atoms with van der Waals surface area (Å²) < 4.78 is 7.68. The number of amidine groups is 1.